The Morgan fingerprint density at radius 2 is 1.47 bits per heavy atom. The van der Waals surface area contributed by atoms with E-state index in [9.17, 15) is 18.0 Å². The number of nitrogens with one attached hydrogen (secondary N) is 2. The highest BCUT2D eigenvalue weighted by atomic mass is 79.9. The zero-order valence-electron chi connectivity index (χ0n) is 19.5. The van der Waals surface area contributed by atoms with Crippen LogP contribution in [-0.2, 0) is 10.0 Å². The van der Waals surface area contributed by atoms with E-state index in [2.05, 4.69) is 31.2 Å². The molecule has 0 aromatic heterocycles. The van der Waals surface area contributed by atoms with Crippen molar-refractivity contribution in [3.8, 4) is 5.75 Å². The normalized spacial score (nSPS) is 11.2. The van der Waals surface area contributed by atoms with E-state index < -0.39 is 21.9 Å². The van der Waals surface area contributed by atoms with Crippen molar-refractivity contribution in [3.63, 3.8) is 0 Å². The SMILES string of the molecule is O=C(Oc1ccc(C=NNC(=O)c2ccccc2NS(=O)(=O)c2ccc(Cl)cc2)cc1)c1ccccc1Br. The molecule has 0 unspecified atom stereocenters. The van der Waals surface area contributed by atoms with Crippen molar-refractivity contribution < 1.29 is 22.7 Å². The molecule has 0 saturated heterocycles. The zero-order chi connectivity index (χ0) is 27.1. The average molecular weight is 613 g/mol. The number of nitrogens with zero attached hydrogens (tertiary/aromatic N) is 1. The highest BCUT2D eigenvalue weighted by Gasteiger charge is 2.18. The lowest BCUT2D eigenvalue weighted by Gasteiger charge is -2.11. The molecule has 0 aliphatic rings. The first-order valence-corrected chi connectivity index (χ1v) is 13.7. The molecular formula is C27H19BrClN3O5S. The van der Waals surface area contributed by atoms with E-state index >= 15 is 0 Å². The monoisotopic (exact) mass is 611 g/mol. The van der Waals surface area contributed by atoms with Crippen LogP contribution in [0.15, 0.2) is 112 Å². The van der Waals surface area contributed by atoms with E-state index in [1.54, 1.807) is 60.7 Å². The summed E-state index contributed by atoms with van der Waals surface area (Å²) in [7, 11) is -3.95. The van der Waals surface area contributed by atoms with Gasteiger partial charge in [0, 0.05) is 9.50 Å². The molecule has 1 amide bonds. The summed E-state index contributed by atoms with van der Waals surface area (Å²) in [4.78, 5) is 25.1. The van der Waals surface area contributed by atoms with Gasteiger partial charge < -0.3 is 4.74 Å². The minimum atomic E-state index is -3.95. The van der Waals surface area contributed by atoms with Crippen molar-refractivity contribution in [2.24, 2.45) is 5.10 Å². The molecule has 8 nitrogen and oxygen atoms in total. The lowest BCUT2D eigenvalue weighted by Crippen LogP contribution is -2.21. The number of rotatable bonds is 8. The van der Waals surface area contributed by atoms with Crippen LogP contribution in [0.25, 0.3) is 0 Å². The molecule has 0 aliphatic heterocycles. The quantitative estimate of drug-likeness (QED) is 0.112. The number of esters is 1. The number of carbonyl (C=O) groups is 2. The predicted octanol–water partition coefficient (Wildman–Crippen LogP) is 5.89. The number of ether oxygens (including phenoxy) is 1. The number of benzene rings is 4. The number of anilines is 1. The molecule has 0 heterocycles. The van der Waals surface area contributed by atoms with Crippen LogP contribution in [0.5, 0.6) is 5.75 Å². The highest BCUT2D eigenvalue weighted by Crippen LogP contribution is 2.22. The average Bonchev–Trinajstić information content (AvgIpc) is 2.90. The smallest absolute Gasteiger partial charge is 0.344 e. The molecule has 0 fully saturated rings. The third-order valence-electron chi connectivity index (χ3n) is 5.10. The molecule has 0 aliphatic carbocycles. The van der Waals surface area contributed by atoms with Crippen molar-refractivity contribution >= 4 is 61.3 Å². The minimum absolute atomic E-state index is 0.000613. The van der Waals surface area contributed by atoms with Crippen molar-refractivity contribution in [1.82, 2.24) is 5.43 Å². The van der Waals surface area contributed by atoms with Crippen molar-refractivity contribution in [2.75, 3.05) is 4.72 Å². The standard InChI is InChI=1S/C27H19BrClN3O5S/c28-24-7-3-1-5-22(24)27(34)37-20-13-9-18(10-14-20)17-30-31-26(33)23-6-2-4-8-25(23)32-38(35,36)21-15-11-19(29)12-16-21/h1-17,32H,(H,31,33). The van der Waals surface area contributed by atoms with Gasteiger partial charge in [-0.3, -0.25) is 9.52 Å². The first-order valence-electron chi connectivity index (χ1n) is 11.0. The fraction of sp³-hybridized carbons (Fsp3) is 0. The van der Waals surface area contributed by atoms with Gasteiger partial charge in [-0.2, -0.15) is 5.10 Å². The Kier molecular flexibility index (Phi) is 8.57. The molecule has 0 bridgehead atoms. The molecule has 4 aromatic rings. The van der Waals surface area contributed by atoms with Crippen LogP contribution >= 0.6 is 27.5 Å². The zero-order valence-corrected chi connectivity index (χ0v) is 22.6. The molecule has 0 atom stereocenters. The Morgan fingerprint density at radius 1 is 0.842 bits per heavy atom. The van der Waals surface area contributed by atoms with E-state index in [0.29, 0.717) is 26.4 Å². The third kappa shape index (κ3) is 6.86. The Labute approximate surface area is 232 Å². The van der Waals surface area contributed by atoms with Crippen LogP contribution in [0.3, 0.4) is 0 Å². The van der Waals surface area contributed by atoms with Gasteiger partial charge in [0.15, 0.2) is 0 Å². The van der Waals surface area contributed by atoms with E-state index in [1.807, 2.05) is 0 Å². The molecule has 0 radical (unpaired) electrons. The number of hydrazone groups is 1. The van der Waals surface area contributed by atoms with E-state index in [-0.39, 0.29) is 16.1 Å². The number of hydrogen-bond donors (Lipinski definition) is 2. The summed E-state index contributed by atoms with van der Waals surface area (Å²) in [5.41, 5.74) is 3.58. The maximum absolute atomic E-state index is 12.7. The van der Waals surface area contributed by atoms with Crippen LogP contribution < -0.4 is 14.9 Å². The molecule has 38 heavy (non-hydrogen) atoms. The lowest BCUT2D eigenvalue weighted by atomic mass is 10.2. The van der Waals surface area contributed by atoms with Gasteiger partial charge >= 0.3 is 5.97 Å². The van der Waals surface area contributed by atoms with Gasteiger partial charge in [-0.25, -0.2) is 18.6 Å². The molecule has 11 heteroatoms. The summed E-state index contributed by atoms with van der Waals surface area (Å²) >= 11 is 9.15. The van der Waals surface area contributed by atoms with Crippen molar-refractivity contribution in [1.29, 1.82) is 0 Å². The van der Waals surface area contributed by atoms with Gasteiger partial charge in [-0.05, 0) is 94.3 Å². The first kappa shape index (κ1) is 27.1. The maximum Gasteiger partial charge on any atom is 0.344 e. The number of carbonyl (C=O) groups excluding carboxylic acids is 2. The second-order valence-corrected chi connectivity index (χ2v) is 10.7. The number of sulfonamides is 1. The topological polar surface area (TPSA) is 114 Å². The Hall–Kier alpha value is -3.99. The van der Waals surface area contributed by atoms with Gasteiger partial charge in [0.25, 0.3) is 15.9 Å². The summed E-state index contributed by atoms with van der Waals surface area (Å²) in [6.07, 6.45) is 1.40. The Bertz CT molecular complexity index is 1610. The van der Waals surface area contributed by atoms with E-state index in [4.69, 9.17) is 16.3 Å². The van der Waals surface area contributed by atoms with Gasteiger partial charge in [-0.15, -0.1) is 0 Å². The highest BCUT2D eigenvalue weighted by molar-refractivity contribution is 9.10. The second kappa shape index (κ2) is 12.0. The van der Waals surface area contributed by atoms with Gasteiger partial charge in [0.05, 0.1) is 27.9 Å². The first-order chi connectivity index (χ1) is 18.2. The molecule has 4 rings (SSSR count). The summed E-state index contributed by atoms with van der Waals surface area (Å²) in [5, 5.41) is 4.34. The van der Waals surface area contributed by atoms with Crippen LogP contribution in [0.4, 0.5) is 5.69 Å². The molecule has 0 spiro atoms. The minimum Gasteiger partial charge on any atom is -0.423 e. The predicted molar refractivity (Wildman–Crippen MR) is 149 cm³/mol. The van der Waals surface area contributed by atoms with E-state index in [1.165, 1.54) is 42.6 Å². The van der Waals surface area contributed by atoms with Crippen molar-refractivity contribution in [3.05, 3.63) is 123 Å². The number of amides is 1. The van der Waals surface area contributed by atoms with Crippen LogP contribution in [-0.4, -0.2) is 26.5 Å². The summed E-state index contributed by atoms with van der Waals surface area (Å²) in [6, 6.07) is 25.2. The molecule has 2 N–H and O–H groups in total. The van der Waals surface area contributed by atoms with Gasteiger partial charge in [0.1, 0.15) is 5.75 Å². The van der Waals surface area contributed by atoms with E-state index in [0.717, 1.165) is 0 Å². The van der Waals surface area contributed by atoms with Crippen LogP contribution in [0, 0.1) is 0 Å². The molecule has 192 valence electrons. The van der Waals surface area contributed by atoms with Crippen LogP contribution in [0.1, 0.15) is 26.3 Å². The lowest BCUT2D eigenvalue weighted by molar-refractivity contribution is 0.0733. The largest absolute Gasteiger partial charge is 0.423 e. The summed E-state index contributed by atoms with van der Waals surface area (Å²) in [6.45, 7) is 0. The fourth-order valence-corrected chi connectivity index (χ4v) is 4.88. The molecule has 0 saturated carbocycles. The molecular weight excluding hydrogens is 594 g/mol. The number of para-hydroxylation sites is 1. The van der Waals surface area contributed by atoms with Crippen molar-refractivity contribution in [2.45, 2.75) is 4.90 Å². The second-order valence-electron chi connectivity index (χ2n) is 7.74. The maximum atomic E-state index is 12.7. The molecule has 4 aromatic carbocycles. The number of hydrogen-bond acceptors (Lipinski definition) is 6. The third-order valence-corrected chi connectivity index (χ3v) is 7.43. The fourth-order valence-electron chi connectivity index (χ4n) is 3.22. The van der Waals surface area contributed by atoms with Gasteiger partial charge in [-0.1, -0.05) is 35.9 Å². The number of halogens is 2. The summed E-state index contributed by atoms with van der Waals surface area (Å²) < 4.78 is 33.9. The Balaban J connectivity index is 1.39. The van der Waals surface area contributed by atoms with Crippen LogP contribution in [0.2, 0.25) is 5.02 Å². The Morgan fingerprint density at radius 3 is 2.16 bits per heavy atom. The summed E-state index contributed by atoms with van der Waals surface area (Å²) in [5.74, 6) is -0.778. The van der Waals surface area contributed by atoms with Gasteiger partial charge in [0.2, 0.25) is 0 Å².